The van der Waals surface area contributed by atoms with Crippen LogP contribution in [-0.4, -0.2) is 44.7 Å². The van der Waals surface area contributed by atoms with Crippen molar-refractivity contribution < 1.29 is 9.22 Å². The van der Waals surface area contributed by atoms with Crippen LogP contribution in [0.5, 0.6) is 0 Å². The molecule has 164 valence electrons. The number of rotatable bonds is 12. The van der Waals surface area contributed by atoms with Gasteiger partial charge in [-0.05, 0) is 34.8 Å². The van der Waals surface area contributed by atoms with Gasteiger partial charge in [0.15, 0.2) is 0 Å². The fraction of sp³-hybridized carbons (Fsp3) is 0.480. The highest BCUT2D eigenvalue weighted by atomic mass is 35.5. The molecule has 0 amide bonds. The SMILES string of the molecule is CCC(=O)CN(CCl)CCCCO[Si](c1ccccc1)(c1ccccc1)C(C)(C)C. The Balaban J connectivity index is 2.14. The lowest BCUT2D eigenvalue weighted by molar-refractivity contribution is -0.119. The van der Waals surface area contributed by atoms with E-state index in [1.54, 1.807) is 0 Å². The van der Waals surface area contributed by atoms with Gasteiger partial charge in [-0.3, -0.25) is 9.69 Å². The molecule has 2 aromatic carbocycles. The van der Waals surface area contributed by atoms with Gasteiger partial charge in [-0.15, -0.1) is 11.6 Å². The Hall–Kier alpha value is -1.46. The topological polar surface area (TPSA) is 29.5 Å². The van der Waals surface area contributed by atoms with Gasteiger partial charge in [0.25, 0.3) is 8.32 Å². The third-order valence-electron chi connectivity index (χ3n) is 5.57. The third kappa shape index (κ3) is 6.27. The summed E-state index contributed by atoms with van der Waals surface area (Å²) in [5.74, 6) is 0.235. The molecule has 0 N–H and O–H groups in total. The van der Waals surface area contributed by atoms with Crippen LogP contribution in [0.15, 0.2) is 60.7 Å². The van der Waals surface area contributed by atoms with Crippen molar-refractivity contribution in [1.82, 2.24) is 4.90 Å². The van der Waals surface area contributed by atoms with Crippen LogP contribution in [0.1, 0.15) is 47.0 Å². The largest absolute Gasteiger partial charge is 0.407 e. The maximum atomic E-state index is 11.7. The molecule has 30 heavy (non-hydrogen) atoms. The Morgan fingerprint density at radius 2 is 1.50 bits per heavy atom. The van der Waals surface area contributed by atoms with E-state index in [0.29, 0.717) is 25.6 Å². The Kier molecular flexibility index (Phi) is 9.76. The molecule has 5 heteroatoms. The first-order chi connectivity index (χ1) is 14.3. The van der Waals surface area contributed by atoms with E-state index in [1.807, 2.05) is 11.8 Å². The van der Waals surface area contributed by atoms with Crippen molar-refractivity contribution in [2.24, 2.45) is 0 Å². The number of hydrogen-bond acceptors (Lipinski definition) is 3. The molecule has 0 saturated carbocycles. The maximum absolute atomic E-state index is 11.7. The molecule has 0 bridgehead atoms. The smallest absolute Gasteiger partial charge is 0.261 e. The summed E-state index contributed by atoms with van der Waals surface area (Å²) in [6.45, 7) is 10.7. The average molecular weight is 446 g/mol. The summed E-state index contributed by atoms with van der Waals surface area (Å²) in [7, 11) is -2.46. The minimum absolute atomic E-state index is 0.00851. The Labute approximate surface area is 188 Å². The summed E-state index contributed by atoms with van der Waals surface area (Å²) in [6.07, 6.45) is 2.46. The fourth-order valence-electron chi connectivity index (χ4n) is 3.97. The third-order valence-corrected chi connectivity index (χ3v) is 10.9. The van der Waals surface area contributed by atoms with Crippen LogP contribution in [0, 0.1) is 0 Å². The molecule has 0 atom stereocenters. The molecule has 3 nitrogen and oxygen atoms in total. The second-order valence-corrected chi connectivity index (χ2v) is 13.3. The van der Waals surface area contributed by atoms with Gasteiger partial charge in [0.1, 0.15) is 5.78 Å². The monoisotopic (exact) mass is 445 g/mol. The minimum atomic E-state index is -2.46. The van der Waals surface area contributed by atoms with E-state index in [4.69, 9.17) is 16.0 Å². The molecule has 0 aliphatic rings. The van der Waals surface area contributed by atoms with Gasteiger partial charge in [-0.2, -0.15) is 0 Å². The predicted molar refractivity (Wildman–Crippen MR) is 130 cm³/mol. The first-order valence-corrected chi connectivity index (χ1v) is 13.3. The van der Waals surface area contributed by atoms with Crippen LogP contribution in [0.2, 0.25) is 5.04 Å². The lowest BCUT2D eigenvalue weighted by Crippen LogP contribution is -2.66. The number of benzene rings is 2. The summed E-state index contributed by atoms with van der Waals surface area (Å²) < 4.78 is 6.90. The molecule has 2 aromatic rings. The zero-order valence-corrected chi connectivity index (χ0v) is 20.6. The number of ketones is 1. The molecule has 2 rings (SSSR count). The summed E-state index contributed by atoms with van der Waals surface area (Å²) in [5.41, 5.74) is 0. The highest BCUT2D eigenvalue weighted by Crippen LogP contribution is 2.36. The van der Waals surface area contributed by atoms with Gasteiger partial charge in [-0.1, -0.05) is 88.4 Å². The molecule has 0 radical (unpaired) electrons. The molecule has 0 heterocycles. The van der Waals surface area contributed by atoms with Crippen LogP contribution in [0.25, 0.3) is 0 Å². The molecule has 0 spiro atoms. The van der Waals surface area contributed by atoms with Crippen molar-refractivity contribution in [2.45, 2.75) is 52.0 Å². The molecule has 0 aliphatic heterocycles. The van der Waals surface area contributed by atoms with Crippen molar-refractivity contribution in [3.05, 3.63) is 60.7 Å². The van der Waals surface area contributed by atoms with Gasteiger partial charge >= 0.3 is 0 Å². The Morgan fingerprint density at radius 3 is 1.93 bits per heavy atom. The zero-order chi connectivity index (χ0) is 22.0. The molecule has 0 aromatic heterocycles. The highest BCUT2D eigenvalue weighted by Gasteiger charge is 2.49. The van der Waals surface area contributed by atoms with Crippen LogP contribution in [0.4, 0.5) is 0 Å². The van der Waals surface area contributed by atoms with Gasteiger partial charge in [0.2, 0.25) is 0 Å². The number of carbonyl (C=O) groups excluding carboxylic acids is 1. The van der Waals surface area contributed by atoms with E-state index < -0.39 is 8.32 Å². The van der Waals surface area contributed by atoms with E-state index >= 15 is 0 Å². The van der Waals surface area contributed by atoms with Gasteiger partial charge < -0.3 is 4.43 Å². The summed E-state index contributed by atoms with van der Waals surface area (Å²) >= 11 is 6.02. The van der Waals surface area contributed by atoms with E-state index in [2.05, 4.69) is 81.4 Å². The van der Waals surface area contributed by atoms with Gasteiger partial charge in [0.05, 0.1) is 12.5 Å². The zero-order valence-electron chi connectivity index (χ0n) is 18.9. The number of hydrogen-bond donors (Lipinski definition) is 0. The van der Waals surface area contributed by atoms with E-state index in [0.717, 1.165) is 19.4 Å². The predicted octanol–water partition coefficient (Wildman–Crippen LogP) is 4.82. The van der Waals surface area contributed by atoms with Crippen molar-refractivity contribution in [3.8, 4) is 0 Å². The van der Waals surface area contributed by atoms with Gasteiger partial charge in [-0.25, -0.2) is 0 Å². The van der Waals surface area contributed by atoms with Crippen molar-refractivity contribution in [2.75, 3.05) is 25.7 Å². The number of Topliss-reactive ketones (excluding diaryl/α,β-unsaturated/α-hetero) is 1. The number of alkyl halides is 1. The molecule has 0 fully saturated rings. The fourth-order valence-corrected chi connectivity index (χ4v) is 8.78. The molecular weight excluding hydrogens is 410 g/mol. The van der Waals surface area contributed by atoms with Crippen LogP contribution in [-0.2, 0) is 9.22 Å². The highest BCUT2D eigenvalue weighted by molar-refractivity contribution is 6.99. The van der Waals surface area contributed by atoms with Crippen LogP contribution >= 0.6 is 11.6 Å². The lowest BCUT2D eigenvalue weighted by Gasteiger charge is -2.43. The Morgan fingerprint density at radius 1 is 0.967 bits per heavy atom. The molecule has 0 aliphatic carbocycles. The second kappa shape index (κ2) is 11.8. The normalized spacial score (nSPS) is 12.3. The van der Waals surface area contributed by atoms with Crippen molar-refractivity contribution in [1.29, 1.82) is 0 Å². The van der Waals surface area contributed by atoms with Crippen molar-refractivity contribution in [3.63, 3.8) is 0 Å². The maximum Gasteiger partial charge on any atom is 0.261 e. The Bertz CT molecular complexity index is 722. The summed E-state index contributed by atoms with van der Waals surface area (Å²) in [4.78, 5) is 13.7. The van der Waals surface area contributed by atoms with Crippen LogP contribution < -0.4 is 10.4 Å². The number of nitrogens with zero attached hydrogens (tertiary/aromatic N) is 1. The number of carbonyl (C=O) groups is 1. The van der Waals surface area contributed by atoms with E-state index in [-0.39, 0.29) is 10.8 Å². The van der Waals surface area contributed by atoms with E-state index in [9.17, 15) is 4.79 Å². The van der Waals surface area contributed by atoms with Gasteiger partial charge in [0, 0.05) is 13.0 Å². The first-order valence-electron chi connectivity index (χ1n) is 10.9. The van der Waals surface area contributed by atoms with E-state index in [1.165, 1.54) is 10.4 Å². The number of unbranched alkanes of at least 4 members (excludes halogenated alkanes) is 1. The quantitative estimate of drug-likeness (QED) is 0.203. The molecular formula is C25H36ClNO2Si. The lowest BCUT2D eigenvalue weighted by atomic mass is 10.2. The average Bonchev–Trinajstić information content (AvgIpc) is 2.75. The molecule has 0 saturated heterocycles. The molecule has 0 unspecified atom stereocenters. The first kappa shape index (κ1) is 24.8. The summed E-state index contributed by atoms with van der Waals surface area (Å²) in [6, 6.07) is 21.8. The second-order valence-electron chi connectivity index (χ2n) is 8.78. The van der Waals surface area contributed by atoms with Crippen LogP contribution in [0.3, 0.4) is 0 Å². The standard InChI is InChI=1S/C25H36ClNO2Si/c1-5-22(28)20-27(21-26)18-12-13-19-29-30(25(2,3)4,23-14-8-6-9-15-23)24-16-10-7-11-17-24/h6-11,14-17H,5,12-13,18-21H2,1-4H3. The minimum Gasteiger partial charge on any atom is -0.407 e. The number of halogens is 1. The van der Waals surface area contributed by atoms with Crippen molar-refractivity contribution >= 4 is 36.1 Å². The summed E-state index contributed by atoms with van der Waals surface area (Å²) in [5, 5.41) is 2.60.